The summed E-state index contributed by atoms with van der Waals surface area (Å²) in [6.07, 6.45) is 0.618. The van der Waals surface area contributed by atoms with Gasteiger partial charge in [-0.3, -0.25) is 9.59 Å². The molecule has 2 saturated heterocycles. The van der Waals surface area contributed by atoms with Crippen LogP contribution in [-0.2, 0) is 24.3 Å². The predicted molar refractivity (Wildman–Crippen MR) is 109 cm³/mol. The number of piperidine rings is 1. The van der Waals surface area contributed by atoms with Crippen molar-refractivity contribution in [2.24, 2.45) is 5.92 Å². The molecular weight excluding hydrogens is 410 g/mol. The van der Waals surface area contributed by atoms with Gasteiger partial charge in [-0.2, -0.15) is 4.31 Å². The van der Waals surface area contributed by atoms with Gasteiger partial charge in [-0.25, -0.2) is 8.42 Å². The van der Waals surface area contributed by atoms with E-state index in [2.05, 4.69) is 5.32 Å². The first-order valence-corrected chi connectivity index (χ1v) is 11.7. The van der Waals surface area contributed by atoms with Gasteiger partial charge in [-0.05, 0) is 38.3 Å². The van der Waals surface area contributed by atoms with Crippen molar-refractivity contribution in [3.8, 4) is 5.75 Å². The standard InChI is InChI=1S/C20H27N3O6S/c1-13-10-16-17(29-14(2)19(24)21-16)11-18(13)30(26,27)23-5-3-4-15(12-23)20(25)22-6-8-28-9-7-22/h10-11,14-15H,3-9,12H2,1-2H3,(H,21,24)/t14-,15+/m1/s1. The Morgan fingerprint density at radius 1 is 1.20 bits per heavy atom. The summed E-state index contributed by atoms with van der Waals surface area (Å²) < 4.78 is 39.1. The Morgan fingerprint density at radius 2 is 1.93 bits per heavy atom. The van der Waals surface area contributed by atoms with E-state index < -0.39 is 16.1 Å². The van der Waals surface area contributed by atoms with Crippen LogP contribution in [0.25, 0.3) is 0 Å². The van der Waals surface area contributed by atoms with Crippen molar-refractivity contribution in [2.45, 2.75) is 37.7 Å². The molecular formula is C20H27N3O6S. The predicted octanol–water partition coefficient (Wildman–Crippen LogP) is 0.974. The lowest BCUT2D eigenvalue weighted by atomic mass is 9.98. The topological polar surface area (TPSA) is 105 Å². The Kier molecular flexibility index (Phi) is 5.73. The van der Waals surface area contributed by atoms with E-state index in [4.69, 9.17) is 9.47 Å². The summed E-state index contributed by atoms with van der Waals surface area (Å²) in [5, 5.41) is 2.73. The van der Waals surface area contributed by atoms with Crippen LogP contribution in [0.2, 0.25) is 0 Å². The highest BCUT2D eigenvalue weighted by molar-refractivity contribution is 7.89. The third-order valence-electron chi connectivity index (χ3n) is 5.88. The highest BCUT2D eigenvalue weighted by Gasteiger charge is 2.37. The number of morpholine rings is 1. The lowest BCUT2D eigenvalue weighted by molar-refractivity contribution is -0.140. The zero-order valence-corrected chi connectivity index (χ0v) is 18.0. The van der Waals surface area contributed by atoms with Crippen molar-refractivity contribution in [3.05, 3.63) is 17.7 Å². The molecule has 0 spiro atoms. The molecule has 30 heavy (non-hydrogen) atoms. The van der Waals surface area contributed by atoms with Gasteiger partial charge in [0.05, 0.1) is 29.7 Å². The van der Waals surface area contributed by atoms with Gasteiger partial charge in [0.1, 0.15) is 5.75 Å². The molecule has 2 atom stereocenters. The molecule has 4 rings (SSSR count). The average molecular weight is 438 g/mol. The second kappa shape index (κ2) is 8.16. The van der Waals surface area contributed by atoms with Crippen molar-refractivity contribution in [2.75, 3.05) is 44.7 Å². The van der Waals surface area contributed by atoms with Gasteiger partial charge < -0.3 is 19.7 Å². The van der Waals surface area contributed by atoms with E-state index in [1.807, 2.05) is 0 Å². The Bertz CT molecular complexity index is 958. The van der Waals surface area contributed by atoms with E-state index in [1.165, 1.54) is 10.4 Å². The van der Waals surface area contributed by atoms with Gasteiger partial charge in [0, 0.05) is 32.2 Å². The summed E-state index contributed by atoms with van der Waals surface area (Å²) in [5.41, 5.74) is 0.988. The van der Waals surface area contributed by atoms with Crippen LogP contribution in [0.15, 0.2) is 17.0 Å². The molecule has 10 heteroatoms. The molecule has 2 amide bonds. The third-order valence-corrected chi connectivity index (χ3v) is 7.89. The van der Waals surface area contributed by atoms with Gasteiger partial charge in [0.15, 0.2) is 6.10 Å². The number of hydrogen-bond acceptors (Lipinski definition) is 6. The maximum atomic E-state index is 13.4. The van der Waals surface area contributed by atoms with Crippen LogP contribution >= 0.6 is 0 Å². The van der Waals surface area contributed by atoms with Crippen LogP contribution in [0.5, 0.6) is 5.75 Å². The number of nitrogens with zero attached hydrogens (tertiary/aromatic N) is 2. The van der Waals surface area contributed by atoms with Crippen LogP contribution in [-0.4, -0.2) is 74.9 Å². The molecule has 3 aliphatic rings. The Hall–Kier alpha value is -2.17. The SMILES string of the molecule is Cc1cc2c(cc1S(=O)(=O)N1CCC[C@H](C(=O)N3CCOCC3)C1)O[C@H](C)C(=O)N2. The number of ether oxygens (including phenoxy) is 2. The van der Waals surface area contributed by atoms with E-state index in [0.29, 0.717) is 62.7 Å². The monoisotopic (exact) mass is 437 g/mol. The number of amides is 2. The fourth-order valence-corrected chi connectivity index (χ4v) is 5.91. The van der Waals surface area contributed by atoms with Crippen LogP contribution in [0.3, 0.4) is 0 Å². The number of rotatable bonds is 3. The minimum atomic E-state index is -3.81. The second-order valence-electron chi connectivity index (χ2n) is 8.00. The van der Waals surface area contributed by atoms with Crippen LogP contribution < -0.4 is 10.1 Å². The first-order valence-electron chi connectivity index (χ1n) is 10.3. The van der Waals surface area contributed by atoms with E-state index in [0.717, 1.165) is 0 Å². The molecule has 0 aliphatic carbocycles. The molecule has 1 aromatic rings. The van der Waals surface area contributed by atoms with Crippen LogP contribution in [0.1, 0.15) is 25.3 Å². The number of aryl methyl sites for hydroxylation is 1. The number of fused-ring (bicyclic) bond motifs is 1. The van der Waals surface area contributed by atoms with Crippen molar-refractivity contribution in [1.29, 1.82) is 0 Å². The van der Waals surface area contributed by atoms with Gasteiger partial charge in [-0.15, -0.1) is 0 Å². The maximum absolute atomic E-state index is 13.4. The summed E-state index contributed by atoms with van der Waals surface area (Å²) in [6, 6.07) is 3.09. The highest BCUT2D eigenvalue weighted by Crippen LogP contribution is 2.36. The zero-order valence-electron chi connectivity index (χ0n) is 17.2. The van der Waals surface area contributed by atoms with E-state index in [-0.39, 0.29) is 29.2 Å². The minimum absolute atomic E-state index is 0.000216. The smallest absolute Gasteiger partial charge is 0.265 e. The summed E-state index contributed by atoms with van der Waals surface area (Å²) in [7, 11) is -3.81. The lowest BCUT2D eigenvalue weighted by Gasteiger charge is -2.36. The fraction of sp³-hybridized carbons (Fsp3) is 0.600. The van der Waals surface area contributed by atoms with Crippen LogP contribution in [0, 0.1) is 12.8 Å². The number of nitrogens with one attached hydrogen (secondary N) is 1. The molecule has 0 unspecified atom stereocenters. The number of anilines is 1. The number of hydrogen-bond donors (Lipinski definition) is 1. The summed E-state index contributed by atoms with van der Waals surface area (Å²) >= 11 is 0. The Balaban J connectivity index is 1.56. The lowest BCUT2D eigenvalue weighted by Crippen LogP contribution is -2.49. The first-order chi connectivity index (χ1) is 14.3. The molecule has 1 N–H and O–H groups in total. The second-order valence-corrected chi connectivity index (χ2v) is 9.91. The molecule has 0 aromatic heterocycles. The summed E-state index contributed by atoms with van der Waals surface area (Å²) in [4.78, 5) is 26.6. The minimum Gasteiger partial charge on any atom is -0.479 e. The molecule has 164 valence electrons. The molecule has 0 radical (unpaired) electrons. The van der Waals surface area contributed by atoms with E-state index in [1.54, 1.807) is 24.8 Å². The fourth-order valence-electron chi connectivity index (χ4n) is 4.16. The number of sulfonamides is 1. The molecule has 0 saturated carbocycles. The van der Waals surface area contributed by atoms with Gasteiger partial charge in [0.2, 0.25) is 15.9 Å². The average Bonchev–Trinajstić information content (AvgIpc) is 2.74. The molecule has 2 fully saturated rings. The van der Waals surface area contributed by atoms with E-state index >= 15 is 0 Å². The molecule has 3 aliphatic heterocycles. The molecule has 1 aromatic carbocycles. The Labute approximate surface area is 176 Å². The third kappa shape index (κ3) is 3.91. The zero-order chi connectivity index (χ0) is 21.5. The van der Waals surface area contributed by atoms with Gasteiger partial charge in [0.25, 0.3) is 5.91 Å². The van der Waals surface area contributed by atoms with Crippen molar-refractivity contribution in [3.63, 3.8) is 0 Å². The quantitative estimate of drug-likeness (QED) is 0.756. The number of carbonyl (C=O) groups excluding carboxylic acids is 2. The first kappa shape index (κ1) is 21.1. The number of carbonyl (C=O) groups is 2. The van der Waals surface area contributed by atoms with Crippen molar-refractivity contribution >= 4 is 27.5 Å². The molecule has 3 heterocycles. The molecule has 0 bridgehead atoms. The van der Waals surface area contributed by atoms with Crippen LogP contribution in [0.4, 0.5) is 5.69 Å². The van der Waals surface area contributed by atoms with Gasteiger partial charge in [-0.1, -0.05) is 0 Å². The summed E-state index contributed by atoms with van der Waals surface area (Å²) in [6.45, 7) is 5.98. The summed E-state index contributed by atoms with van der Waals surface area (Å²) in [5.74, 6) is -0.275. The highest BCUT2D eigenvalue weighted by atomic mass is 32.2. The van der Waals surface area contributed by atoms with E-state index in [9.17, 15) is 18.0 Å². The maximum Gasteiger partial charge on any atom is 0.265 e. The normalized spacial score (nSPS) is 25.3. The van der Waals surface area contributed by atoms with Crippen molar-refractivity contribution < 1.29 is 27.5 Å². The largest absolute Gasteiger partial charge is 0.479 e. The van der Waals surface area contributed by atoms with Crippen molar-refractivity contribution in [1.82, 2.24) is 9.21 Å². The molecule has 9 nitrogen and oxygen atoms in total. The van der Waals surface area contributed by atoms with Gasteiger partial charge >= 0.3 is 0 Å². The number of benzene rings is 1. The Morgan fingerprint density at radius 3 is 2.67 bits per heavy atom.